The van der Waals surface area contributed by atoms with Crippen LogP contribution in [0.5, 0.6) is 0 Å². The minimum Gasteiger partial charge on any atom is -0.466 e. The average molecular weight is 496 g/mol. The maximum atomic E-state index is 15.1. The van der Waals surface area contributed by atoms with Gasteiger partial charge in [-0.2, -0.15) is 13.2 Å². The van der Waals surface area contributed by atoms with Gasteiger partial charge in [0.2, 0.25) is 0 Å². The Hall–Kier alpha value is -2.62. The fourth-order valence-corrected chi connectivity index (χ4v) is 3.99. The number of esters is 2. The zero-order chi connectivity index (χ0) is 25.1. The molecule has 0 bridgehead atoms. The molecule has 2 rings (SSSR count). The summed E-state index contributed by atoms with van der Waals surface area (Å²) in [6, 6.07) is 1.39. The van der Waals surface area contributed by atoms with Crippen LogP contribution in [0.25, 0.3) is 0 Å². The van der Waals surface area contributed by atoms with Crippen molar-refractivity contribution in [3.05, 3.63) is 56.6 Å². The summed E-state index contributed by atoms with van der Waals surface area (Å²) in [7, 11) is 0.925. The zero-order valence-corrected chi connectivity index (χ0v) is 19.1. The van der Waals surface area contributed by atoms with Gasteiger partial charge in [-0.1, -0.05) is 25.4 Å². The van der Waals surface area contributed by atoms with Gasteiger partial charge in [0.25, 0.3) is 0 Å². The predicted octanol–water partition coefficient (Wildman–Crippen LogP) is 5.59. The van der Waals surface area contributed by atoms with E-state index in [0.717, 1.165) is 7.11 Å². The molecule has 1 N–H and O–H groups in total. The smallest absolute Gasteiger partial charge is 0.418 e. The average Bonchev–Trinajstić information content (AvgIpc) is 2.76. The quantitative estimate of drug-likeness (QED) is 0.395. The third-order valence-corrected chi connectivity index (χ3v) is 5.62. The molecule has 0 fully saturated rings. The van der Waals surface area contributed by atoms with Crippen LogP contribution in [0, 0.1) is 5.82 Å². The molecule has 1 aromatic rings. The summed E-state index contributed by atoms with van der Waals surface area (Å²) in [6.07, 6.45) is -4.93. The van der Waals surface area contributed by atoms with E-state index >= 15 is 4.39 Å². The molecule has 33 heavy (non-hydrogen) atoms. The molecule has 1 aliphatic heterocycles. The van der Waals surface area contributed by atoms with Gasteiger partial charge in [0.05, 0.1) is 40.5 Å². The number of carbonyl (C=O) groups is 2. The largest absolute Gasteiger partial charge is 0.466 e. The second-order valence-electron chi connectivity index (χ2n) is 7.27. The van der Waals surface area contributed by atoms with E-state index in [0.29, 0.717) is 25.0 Å². The van der Waals surface area contributed by atoms with Gasteiger partial charge in [0.15, 0.2) is 0 Å². The number of allylic oxidation sites excluding steroid dienone is 2. The lowest BCUT2D eigenvalue weighted by molar-refractivity contribution is -0.145. The molecule has 0 saturated heterocycles. The molecule has 1 unspecified atom stereocenters. The molecular weight excluding hydrogens is 473 g/mol. The minimum absolute atomic E-state index is 0.0937. The van der Waals surface area contributed by atoms with E-state index in [1.54, 1.807) is 13.8 Å². The Morgan fingerprint density at radius 2 is 1.76 bits per heavy atom. The summed E-state index contributed by atoms with van der Waals surface area (Å²) in [4.78, 5) is 25.7. The highest BCUT2D eigenvalue weighted by molar-refractivity contribution is 6.31. The van der Waals surface area contributed by atoms with E-state index < -0.39 is 75.6 Å². The highest BCUT2D eigenvalue weighted by Crippen LogP contribution is 2.48. The lowest BCUT2D eigenvalue weighted by Gasteiger charge is -2.33. The van der Waals surface area contributed by atoms with Gasteiger partial charge in [-0.25, -0.2) is 18.4 Å². The molecule has 1 heterocycles. The van der Waals surface area contributed by atoms with Crippen molar-refractivity contribution in [3.63, 3.8) is 0 Å². The summed E-state index contributed by atoms with van der Waals surface area (Å²) in [5.74, 6) is -5.70. The fraction of sp³-hybridized carbons (Fsp3) is 0.455. The number of hydrogen-bond acceptors (Lipinski definition) is 5. The van der Waals surface area contributed by atoms with Crippen LogP contribution in [-0.4, -0.2) is 31.8 Å². The van der Waals surface area contributed by atoms with Crippen LogP contribution in [0.3, 0.4) is 0 Å². The Labute approximate surface area is 192 Å². The Bertz CT molecular complexity index is 999. The maximum Gasteiger partial charge on any atom is 0.418 e. The number of nitrogens with one attached hydrogen (secondary N) is 1. The molecule has 1 atom stereocenters. The number of benzene rings is 1. The van der Waals surface area contributed by atoms with Crippen molar-refractivity contribution in [1.29, 1.82) is 0 Å². The zero-order valence-electron chi connectivity index (χ0n) is 18.3. The van der Waals surface area contributed by atoms with Crippen molar-refractivity contribution < 1.29 is 41.0 Å². The summed E-state index contributed by atoms with van der Waals surface area (Å²) < 4.78 is 80.8. The summed E-state index contributed by atoms with van der Waals surface area (Å²) in [5, 5.41) is 1.66. The number of dihydropyridines is 1. The van der Waals surface area contributed by atoms with Crippen LogP contribution in [0.2, 0.25) is 5.02 Å². The van der Waals surface area contributed by atoms with Gasteiger partial charge in [0, 0.05) is 11.3 Å². The molecule has 0 radical (unpaired) electrons. The van der Waals surface area contributed by atoms with Gasteiger partial charge >= 0.3 is 18.1 Å². The molecule has 11 heteroatoms. The van der Waals surface area contributed by atoms with Gasteiger partial charge < -0.3 is 14.8 Å². The molecular formula is C22H23ClF5NO4. The van der Waals surface area contributed by atoms with Crippen LogP contribution in [0.15, 0.2) is 34.7 Å². The summed E-state index contributed by atoms with van der Waals surface area (Å²) >= 11 is 5.79. The van der Waals surface area contributed by atoms with Crippen molar-refractivity contribution >= 4 is 23.5 Å². The SMILES string of the molecule is CCC(CC)OC(=O)C1=C(C)NC(CF)=C(C(=O)OC)C1c1c(F)ccc(Cl)c1C(F)(F)F. The molecule has 0 aromatic heterocycles. The summed E-state index contributed by atoms with van der Waals surface area (Å²) in [5.41, 5.74) is -4.41. The standard InChI is InChI=1S/C22H23ClF5NO4/c1-5-11(6-2)33-21(31)15-10(3)29-14(9-24)17(20(30)32-4)18(15)16-13(25)8-7-12(23)19(16)22(26,27)28/h7-8,11,18,29H,5-6,9H2,1-4H3. The first kappa shape index (κ1) is 26.6. The van der Waals surface area contributed by atoms with E-state index in [1.807, 2.05) is 0 Å². The topological polar surface area (TPSA) is 64.6 Å². The van der Waals surface area contributed by atoms with Crippen LogP contribution in [0.1, 0.15) is 50.7 Å². The Morgan fingerprint density at radius 3 is 2.24 bits per heavy atom. The molecule has 0 spiro atoms. The first-order valence-corrected chi connectivity index (χ1v) is 10.4. The number of methoxy groups -OCH3 is 1. The lowest BCUT2D eigenvalue weighted by Crippen LogP contribution is -2.36. The highest BCUT2D eigenvalue weighted by atomic mass is 35.5. The van der Waals surface area contributed by atoms with Crippen molar-refractivity contribution in [2.75, 3.05) is 13.8 Å². The number of carbonyl (C=O) groups excluding carboxylic acids is 2. The third kappa shape index (κ3) is 5.31. The van der Waals surface area contributed by atoms with E-state index in [-0.39, 0.29) is 5.70 Å². The second kappa shape index (κ2) is 10.5. The number of halogens is 6. The predicted molar refractivity (Wildman–Crippen MR) is 110 cm³/mol. The van der Waals surface area contributed by atoms with Gasteiger partial charge in [-0.15, -0.1) is 0 Å². The fourth-order valence-electron chi connectivity index (χ4n) is 3.72. The lowest BCUT2D eigenvalue weighted by atomic mass is 9.78. The van der Waals surface area contributed by atoms with Crippen molar-refractivity contribution in [2.45, 2.75) is 51.8 Å². The normalized spacial score (nSPS) is 16.8. The van der Waals surface area contributed by atoms with E-state index in [1.165, 1.54) is 6.92 Å². The van der Waals surface area contributed by atoms with Gasteiger partial charge in [-0.3, -0.25) is 0 Å². The molecule has 5 nitrogen and oxygen atoms in total. The monoisotopic (exact) mass is 495 g/mol. The third-order valence-electron chi connectivity index (χ3n) is 5.30. The molecule has 1 aromatic carbocycles. The van der Waals surface area contributed by atoms with Crippen molar-refractivity contribution in [2.24, 2.45) is 0 Å². The molecule has 0 aliphatic carbocycles. The maximum absolute atomic E-state index is 15.1. The summed E-state index contributed by atoms with van der Waals surface area (Å²) in [6.45, 7) is 3.43. The van der Waals surface area contributed by atoms with Crippen LogP contribution in [-0.2, 0) is 25.2 Å². The minimum atomic E-state index is -5.16. The van der Waals surface area contributed by atoms with Crippen molar-refractivity contribution in [3.8, 4) is 0 Å². The van der Waals surface area contributed by atoms with Crippen molar-refractivity contribution in [1.82, 2.24) is 5.32 Å². The highest BCUT2D eigenvalue weighted by Gasteiger charge is 2.46. The van der Waals surface area contributed by atoms with E-state index in [2.05, 4.69) is 10.1 Å². The Morgan fingerprint density at radius 1 is 1.15 bits per heavy atom. The van der Waals surface area contributed by atoms with Gasteiger partial charge in [0.1, 0.15) is 18.6 Å². The molecule has 0 amide bonds. The Kier molecular flexibility index (Phi) is 8.51. The van der Waals surface area contributed by atoms with E-state index in [4.69, 9.17) is 16.3 Å². The van der Waals surface area contributed by atoms with E-state index in [9.17, 15) is 27.2 Å². The van der Waals surface area contributed by atoms with Crippen LogP contribution < -0.4 is 5.32 Å². The first-order chi connectivity index (χ1) is 15.4. The van der Waals surface area contributed by atoms with Crippen LogP contribution in [0.4, 0.5) is 22.0 Å². The first-order valence-electron chi connectivity index (χ1n) is 10.0. The Balaban J connectivity index is 2.93. The van der Waals surface area contributed by atoms with Gasteiger partial charge in [-0.05, 0) is 31.9 Å². The number of ether oxygens (including phenoxy) is 2. The molecule has 0 saturated carbocycles. The molecule has 1 aliphatic rings. The number of rotatable bonds is 7. The second-order valence-corrected chi connectivity index (χ2v) is 7.68. The number of alkyl halides is 4. The number of hydrogen-bond donors (Lipinski definition) is 1. The molecule has 182 valence electrons. The van der Waals surface area contributed by atoms with Crippen LogP contribution >= 0.6 is 11.6 Å².